The van der Waals surface area contributed by atoms with Crippen molar-refractivity contribution in [3.05, 3.63) is 67.4 Å². The van der Waals surface area contributed by atoms with Crippen LogP contribution in [0.25, 0.3) is 5.76 Å². The van der Waals surface area contributed by atoms with Gasteiger partial charge in [0, 0.05) is 29.1 Å². The number of non-ortho nitro benzene ring substituents is 1. The van der Waals surface area contributed by atoms with Crippen LogP contribution in [0.1, 0.15) is 35.4 Å². The third-order valence-electron chi connectivity index (χ3n) is 4.48. The third kappa shape index (κ3) is 3.23. The average molecular weight is 386 g/mol. The number of likely N-dealkylation sites (tertiary alicyclic amines) is 1. The molecule has 1 fully saturated rings. The summed E-state index contributed by atoms with van der Waals surface area (Å²) in [5, 5.41) is 23.7. The van der Waals surface area contributed by atoms with Crippen molar-refractivity contribution in [2.75, 3.05) is 6.54 Å². The van der Waals surface area contributed by atoms with Gasteiger partial charge in [-0.15, -0.1) is 11.3 Å². The van der Waals surface area contributed by atoms with Crippen LogP contribution in [0.3, 0.4) is 0 Å². The maximum Gasteiger partial charge on any atom is 0.295 e. The molecule has 27 heavy (non-hydrogen) atoms. The van der Waals surface area contributed by atoms with E-state index in [-0.39, 0.29) is 16.8 Å². The molecular weight excluding hydrogens is 368 g/mol. The first-order chi connectivity index (χ1) is 12.9. The Morgan fingerprint density at radius 3 is 2.67 bits per heavy atom. The molecule has 0 aliphatic carbocycles. The van der Waals surface area contributed by atoms with Crippen molar-refractivity contribution >= 4 is 34.5 Å². The maximum atomic E-state index is 12.7. The molecule has 7 nitrogen and oxygen atoms in total. The van der Waals surface area contributed by atoms with E-state index in [2.05, 4.69) is 0 Å². The number of aliphatic hydroxyl groups excluding tert-OH is 1. The second-order valence-corrected chi connectivity index (χ2v) is 7.22. The van der Waals surface area contributed by atoms with E-state index < -0.39 is 28.4 Å². The molecule has 0 radical (unpaired) electrons. The summed E-state index contributed by atoms with van der Waals surface area (Å²) in [4.78, 5) is 38.0. The summed E-state index contributed by atoms with van der Waals surface area (Å²) in [6.07, 6.45) is 0.658. The molecule has 1 unspecified atom stereocenters. The Morgan fingerprint density at radius 2 is 2.07 bits per heavy atom. The van der Waals surface area contributed by atoms with Crippen molar-refractivity contribution in [3.63, 3.8) is 0 Å². The Bertz CT molecular complexity index is 963. The Morgan fingerprint density at radius 1 is 1.33 bits per heavy atom. The number of hydrogen-bond donors (Lipinski definition) is 1. The molecule has 0 saturated carbocycles. The largest absolute Gasteiger partial charge is 0.507 e. The van der Waals surface area contributed by atoms with Gasteiger partial charge in [-0.3, -0.25) is 19.7 Å². The fourth-order valence-corrected chi connectivity index (χ4v) is 4.26. The van der Waals surface area contributed by atoms with Crippen molar-refractivity contribution < 1.29 is 19.6 Å². The molecule has 1 saturated heterocycles. The van der Waals surface area contributed by atoms with E-state index in [1.165, 1.54) is 40.5 Å². The summed E-state index contributed by atoms with van der Waals surface area (Å²) in [7, 11) is 0. The highest BCUT2D eigenvalue weighted by atomic mass is 32.1. The van der Waals surface area contributed by atoms with Gasteiger partial charge < -0.3 is 10.0 Å². The molecular formula is C19H18N2O5S. The van der Waals surface area contributed by atoms with E-state index >= 15 is 0 Å². The summed E-state index contributed by atoms with van der Waals surface area (Å²) in [6.45, 7) is 4.15. The first-order valence-corrected chi connectivity index (χ1v) is 9.32. The lowest BCUT2D eigenvalue weighted by Crippen LogP contribution is -2.30. The Kier molecular flexibility index (Phi) is 5.09. The van der Waals surface area contributed by atoms with Gasteiger partial charge in [0.25, 0.3) is 17.4 Å². The molecule has 140 valence electrons. The lowest BCUT2D eigenvalue weighted by Gasteiger charge is -2.24. The van der Waals surface area contributed by atoms with E-state index in [4.69, 9.17) is 0 Å². The number of Topliss-reactive ketones (excluding diaryl/α,β-unsaturated/α-hetero) is 1. The van der Waals surface area contributed by atoms with Crippen LogP contribution in [0.2, 0.25) is 0 Å². The monoisotopic (exact) mass is 386 g/mol. The number of amides is 1. The number of nitro benzene ring substituents is 1. The fourth-order valence-electron chi connectivity index (χ4n) is 3.21. The highest BCUT2D eigenvalue weighted by Gasteiger charge is 2.46. The number of carbonyl (C=O) groups excluding carboxylic acids is 2. The smallest absolute Gasteiger partial charge is 0.295 e. The van der Waals surface area contributed by atoms with Crippen molar-refractivity contribution in [1.29, 1.82) is 0 Å². The maximum absolute atomic E-state index is 12.7. The fraction of sp³-hybridized carbons (Fsp3) is 0.263. The van der Waals surface area contributed by atoms with Gasteiger partial charge in [0.15, 0.2) is 0 Å². The van der Waals surface area contributed by atoms with E-state index in [9.17, 15) is 24.8 Å². The van der Waals surface area contributed by atoms with Crippen LogP contribution < -0.4 is 0 Å². The van der Waals surface area contributed by atoms with Crippen LogP contribution in [-0.2, 0) is 9.59 Å². The number of carbonyl (C=O) groups is 2. The highest BCUT2D eigenvalue weighted by Crippen LogP contribution is 2.42. The average Bonchev–Trinajstić information content (AvgIpc) is 3.17. The first-order valence-electron chi connectivity index (χ1n) is 8.44. The molecule has 0 spiro atoms. The van der Waals surface area contributed by atoms with Crippen LogP contribution in [0.4, 0.5) is 5.69 Å². The van der Waals surface area contributed by atoms with E-state index in [1.807, 2.05) is 25.3 Å². The molecule has 8 heteroatoms. The minimum absolute atomic E-state index is 0.0282. The molecule has 2 heterocycles. The molecule has 0 bridgehead atoms. The third-order valence-corrected chi connectivity index (χ3v) is 5.56. The second kappa shape index (κ2) is 7.32. The molecule has 1 atom stereocenters. The van der Waals surface area contributed by atoms with Crippen LogP contribution in [0, 0.1) is 17.0 Å². The number of nitrogens with zero attached hydrogens (tertiary/aromatic N) is 2. The molecule has 1 N–H and O–H groups in total. The van der Waals surface area contributed by atoms with Crippen molar-refractivity contribution in [1.82, 2.24) is 4.90 Å². The van der Waals surface area contributed by atoms with Crippen molar-refractivity contribution in [3.8, 4) is 0 Å². The lowest BCUT2D eigenvalue weighted by atomic mass is 9.98. The summed E-state index contributed by atoms with van der Waals surface area (Å²) in [5.41, 5.74) is 0.820. The topological polar surface area (TPSA) is 101 Å². The van der Waals surface area contributed by atoms with Crippen LogP contribution in [0.15, 0.2) is 41.3 Å². The standard InChI is InChI=1S/C19H18N2O5S/c1-3-8-20-15(18-11(2)7-9-27-18)14(17(23)19(20)24)16(22)12-5-4-6-13(10-12)21(25)26/h4-7,9-10,15,22H,3,8H2,1-2H3/b16-14-. The summed E-state index contributed by atoms with van der Waals surface area (Å²) in [6, 6.07) is 6.60. The van der Waals surface area contributed by atoms with E-state index in [0.29, 0.717) is 13.0 Å². The van der Waals surface area contributed by atoms with Gasteiger partial charge in [0.1, 0.15) is 5.76 Å². The summed E-state index contributed by atoms with van der Waals surface area (Å²) >= 11 is 1.41. The second-order valence-electron chi connectivity index (χ2n) is 6.27. The van der Waals surface area contributed by atoms with Crippen LogP contribution in [0.5, 0.6) is 0 Å². The Balaban J connectivity index is 2.21. The van der Waals surface area contributed by atoms with E-state index in [1.54, 1.807) is 0 Å². The van der Waals surface area contributed by atoms with Gasteiger partial charge in [-0.2, -0.15) is 0 Å². The number of rotatable bonds is 5. The van der Waals surface area contributed by atoms with Crippen LogP contribution >= 0.6 is 11.3 Å². The SMILES string of the molecule is CCCN1C(=O)C(=O)/C(=C(\O)c2cccc([N+](=O)[O-])c2)C1c1sccc1C. The zero-order chi connectivity index (χ0) is 19.7. The molecule has 1 aromatic heterocycles. The zero-order valence-electron chi connectivity index (χ0n) is 14.8. The molecule has 1 aromatic carbocycles. The predicted molar refractivity (Wildman–Crippen MR) is 101 cm³/mol. The van der Waals surface area contributed by atoms with Crippen molar-refractivity contribution in [2.24, 2.45) is 0 Å². The number of nitro groups is 1. The molecule has 2 aromatic rings. The van der Waals surface area contributed by atoms with Crippen LogP contribution in [-0.4, -0.2) is 33.2 Å². The van der Waals surface area contributed by atoms with Gasteiger partial charge >= 0.3 is 0 Å². The molecule has 1 aliphatic rings. The Labute approximate surface area is 159 Å². The number of aryl methyl sites for hydroxylation is 1. The quantitative estimate of drug-likeness (QED) is 0.277. The van der Waals surface area contributed by atoms with Gasteiger partial charge in [-0.1, -0.05) is 19.1 Å². The number of hydrogen-bond acceptors (Lipinski definition) is 6. The van der Waals surface area contributed by atoms with Gasteiger partial charge in [0.05, 0.1) is 16.5 Å². The minimum atomic E-state index is -0.773. The summed E-state index contributed by atoms with van der Waals surface area (Å²) in [5.74, 6) is -1.83. The van der Waals surface area contributed by atoms with Gasteiger partial charge in [-0.05, 0) is 30.4 Å². The Hall–Kier alpha value is -3.00. The molecule has 3 rings (SSSR count). The van der Waals surface area contributed by atoms with Gasteiger partial charge in [-0.25, -0.2) is 0 Å². The zero-order valence-corrected chi connectivity index (χ0v) is 15.7. The lowest BCUT2D eigenvalue weighted by molar-refractivity contribution is -0.384. The number of ketones is 1. The predicted octanol–water partition coefficient (Wildman–Crippen LogP) is 3.80. The van der Waals surface area contributed by atoms with Crippen molar-refractivity contribution in [2.45, 2.75) is 26.3 Å². The highest BCUT2D eigenvalue weighted by molar-refractivity contribution is 7.10. The van der Waals surface area contributed by atoms with Gasteiger partial charge in [0.2, 0.25) is 0 Å². The van der Waals surface area contributed by atoms with E-state index in [0.717, 1.165) is 10.4 Å². The summed E-state index contributed by atoms with van der Waals surface area (Å²) < 4.78 is 0. The molecule has 1 amide bonds. The normalized spacial score (nSPS) is 18.9. The molecule has 1 aliphatic heterocycles. The number of aliphatic hydroxyl groups is 1. The number of benzene rings is 1. The number of thiophene rings is 1. The minimum Gasteiger partial charge on any atom is -0.507 e. The first kappa shape index (κ1) is 18.8.